The fourth-order valence-corrected chi connectivity index (χ4v) is 7.43. The second-order valence-electron chi connectivity index (χ2n) is 10.9. The summed E-state index contributed by atoms with van der Waals surface area (Å²) in [6, 6.07) is 3.98. The van der Waals surface area contributed by atoms with Crippen LogP contribution >= 0.6 is 11.3 Å². The van der Waals surface area contributed by atoms with Crippen molar-refractivity contribution < 1.29 is 19.4 Å². The second-order valence-corrected chi connectivity index (χ2v) is 12.1. The third kappa shape index (κ3) is 5.47. The number of nitrogen functional groups attached to an aromatic ring is 1. The minimum atomic E-state index is -1.28. The van der Waals surface area contributed by atoms with Gasteiger partial charge in [0, 0.05) is 39.9 Å². The number of carboxylic acid groups (broad SMARTS) is 1. The van der Waals surface area contributed by atoms with Gasteiger partial charge in [0.1, 0.15) is 23.4 Å². The van der Waals surface area contributed by atoms with Crippen LogP contribution in [0.25, 0.3) is 0 Å². The lowest BCUT2D eigenvalue weighted by Crippen LogP contribution is -2.41. The molecule has 0 aromatic carbocycles. The topological polar surface area (TPSA) is 207 Å². The number of fused-ring (bicyclic) bond motifs is 2. The van der Waals surface area contributed by atoms with Gasteiger partial charge < -0.3 is 31.9 Å². The van der Waals surface area contributed by atoms with Gasteiger partial charge in [0.15, 0.2) is 5.82 Å². The van der Waals surface area contributed by atoms with Crippen LogP contribution < -0.4 is 21.9 Å². The maximum absolute atomic E-state index is 14.0. The van der Waals surface area contributed by atoms with E-state index in [9.17, 15) is 14.9 Å². The van der Waals surface area contributed by atoms with Crippen molar-refractivity contribution >= 4 is 40.1 Å². The third-order valence-corrected chi connectivity index (χ3v) is 9.53. The molecule has 0 bridgehead atoms. The number of anilines is 1. The normalized spacial score (nSPS) is 22.9. The van der Waals surface area contributed by atoms with E-state index in [-0.39, 0.29) is 23.6 Å². The van der Waals surface area contributed by atoms with Gasteiger partial charge in [-0.3, -0.25) is 4.79 Å². The third-order valence-electron chi connectivity index (χ3n) is 8.45. The number of likely N-dealkylation sites (N-methyl/N-ethyl adjacent to an activating group) is 1. The molecule has 3 aliphatic rings. The van der Waals surface area contributed by atoms with Crippen LogP contribution in [0.2, 0.25) is 0 Å². The van der Waals surface area contributed by atoms with Gasteiger partial charge in [-0.15, -0.1) is 11.3 Å². The van der Waals surface area contributed by atoms with Crippen LogP contribution in [-0.4, -0.2) is 64.2 Å². The van der Waals surface area contributed by atoms with E-state index >= 15 is 0 Å². The van der Waals surface area contributed by atoms with Gasteiger partial charge in [-0.1, -0.05) is 0 Å². The number of hydrogen-bond donors (Lipinski definition) is 4. The van der Waals surface area contributed by atoms with Crippen molar-refractivity contribution in [3.63, 3.8) is 0 Å². The summed E-state index contributed by atoms with van der Waals surface area (Å²) in [4.78, 5) is 41.3. The number of aryl methyl sites for hydroxylation is 1. The number of allylic oxidation sites excluding steroid dienone is 3. The number of nitrogens with two attached hydrogens (primary N) is 3. The molecule has 42 heavy (non-hydrogen) atoms. The molecule has 5 rings (SSSR count). The van der Waals surface area contributed by atoms with Crippen molar-refractivity contribution in [2.45, 2.75) is 62.8 Å². The molecule has 2 aliphatic carbocycles. The highest BCUT2D eigenvalue weighted by molar-refractivity contribution is 7.16. The summed E-state index contributed by atoms with van der Waals surface area (Å²) >= 11 is 1.43. The van der Waals surface area contributed by atoms with Crippen molar-refractivity contribution in [3.05, 3.63) is 50.9 Å². The number of likely N-dealkylation sites (tertiary alicyclic amines) is 1. The maximum Gasteiger partial charge on any atom is 0.351 e. The van der Waals surface area contributed by atoms with Gasteiger partial charge in [-0.05, 0) is 76.6 Å². The van der Waals surface area contributed by atoms with Crippen LogP contribution in [0.3, 0.4) is 0 Å². The number of carboxylic acids is 1. The molecule has 0 unspecified atom stereocenters. The number of thiophene rings is 1. The highest BCUT2D eigenvalue weighted by Gasteiger charge is 2.46. The van der Waals surface area contributed by atoms with E-state index in [2.05, 4.69) is 25.9 Å². The number of ketones is 1. The number of aliphatic imine (C=N–C) groups is 1. The predicted molar refractivity (Wildman–Crippen MR) is 159 cm³/mol. The molecule has 2 aromatic heterocycles. The van der Waals surface area contributed by atoms with E-state index in [1.807, 2.05) is 7.05 Å². The molecule has 7 N–H and O–H groups in total. The summed E-state index contributed by atoms with van der Waals surface area (Å²) in [6.45, 7) is 1.36. The van der Waals surface area contributed by atoms with E-state index < -0.39 is 22.9 Å². The largest absolute Gasteiger partial charge is 0.477 e. The first-order valence-corrected chi connectivity index (χ1v) is 14.8. The minimum absolute atomic E-state index is 0.111. The SMILES string of the molecule is CN1CCC[C@H]1COc1cc(/N=C/C=C(\N)C(=O)O)nc(C(=O)C2=C(N)[C@@]3(CCC2)CCCc2sc(N)c(C#N)c23)n1. The molecule has 0 amide bonds. The van der Waals surface area contributed by atoms with E-state index in [4.69, 9.17) is 27.0 Å². The lowest BCUT2D eigenvalue weighted by molar-refractivity contribution is -0.132. The number of aromatic nitrogens is 2. The smallest absolute Gasteiger partial charge is 0.351 e. The van der Waals surface area contributed by atoms with Crippen LogP contribution in [-0.2, 0) is 16.6 Å². The number of nitriles is 1. The molecule has 1 saturated heterocycles. The van der Waals surface area contributed by atoms with E-state index in [1.54, 1.807) is 0 Å². The molecule has 12 nitrogen and oxygen atoms in total. The fourth-order valence-electron chi connectivity index (χ4n) is 6.27. The molecule has 3 heterocycles. The zero-order chi connectivity index (χ0) is 30.0. The molecule has 0 saturated carbocycles. The van der Waals surface area contributed by atoms with Gasteiger partial charge in [-0.25, -0.2) is 14.8 Å². The Bertz CT molecular complexity index is 1560. The van der Waals surface area contributed by atoms with Gasteiger partial charge in [0.25, 0.3) is 0 Å². The summed E-state index contributed by atoms with van der Waals surface area (Å²) in [6.07, 6.45) is 8.69. The predicted octanol–water partition coefficient (Wildman–Crippen LogP) is 2.95. The lowest BCUT2D eigenvalue weighted by atomic mass is 9.62. The maximum atomic E-state index is 14.0. The highest BCUT2D eigenvalue weighted by atomic mass is 32.1. The van der Waals surface area contributed by atoms with E-state index in [0.29, 0.717) is 41.3 Å². The number of aliphatic carboxylic acids is 1. The average Bonchev–Trinajstić information content (AvgIpc) is 3.54. The summed E-state index contributed by atoms with van der Waals surface area (Å²) in [5.41, 5.74) is 19.7. The molecular weight excluding hydrogens is 556 g/mol. The summed E-state index contributed by atoms with van der Waals surface area (Å²) < 4.78 is 6.01. The summed E-state index contributed by atoms with van der Waals surface area (Å²) in [7, 11) is 2.04. The number of Topliss-reactive ketones (excluding diaryl/α,β-unsaturated/α-hetero) is 1. The number of nitrogens with zero attached hydrogens (tertiary/aromatic N) is 5. The molecule has 0 radical (unpaired) electrons. The quantitative estimate of drug-likeness (QED) is 0.200. The van der Waals surface area contributed by atoms with Crippen LogP contribution in [0.1, 0.15) is 71.6 Å². The Morgan fingerprint density at radius 1 is 1.29 bits per heavy atom. The van der Waals surface area contributed by atoms with Gasteiger partial charge in [0.2, 0.25) is 17.5 Å². The van der Waals surface area contributed by atoms with Gasteiger partial charge in [0.05, 0.1) is 5.56 Å². The Hall–Kier alpha value is -4.28. The molecule has 1 spiro atoms. The molecule has 2 atom stereocenters. The molecule has 1 aliphatic heterocycles. The highest BCUT2D eigenvalue weighted by Crippen LogP contribution is 2.53. The fraction of sp³-hybridized carbons (Fsp3) is 0.448. The Labute approximate surface area is 247 Å². The zero-order valence-corrected chi connectivity index (χ0v) is 24.2. The first-order chi connectivity index (χ1) is 20.1. The second kappa shape index (κ2) is 11.9. The Balaban J connectivity index is 1.53. The molecular formula is C29H34N8O4S. The lowest BCUT2D eigenvalue weighted by Gasteiger charge is -2.42. The number of hydrogen-bond acceptors (Lipinski definition) is 12. The standard InChI is InChI=1S/C29H34N8O4S/c1-37-12-4-5-16(37)15-41-22-13-21(34-11-8-19(31)28(39)40)35-27(36-22)24(38)17-6-2-9-29(25(17)32)10-3-7-20-23(29)18(14-30)26(33)42-20/h8,11,13,16H,2-7,9-10,12,15,31-33H2,1H3,(H,39,40)/b19-8-,34-11+/t16-,29-/m0/s1. The molecule has 2 aromatic rings. The zero-order valence-electron chi connectivity index (χ0n) is 23.4. The van der Waals surface area contributed by atoms with Gasteiger partial charge in [-0.2, -0.15) is 10.2 Å². The first-order valence-electron chi connectivity index (χ1n) is 14.0. The van der Waals surface area contributed by atoms with E-state index in [0.717, 1.165) is 61.6 Å². The molecule has 13 heteroatoms. The monoisotopic (exact) mass is 590 g/mol. The number of ether oxygens (including phenoxy) is 1. The van der Waals surface area contributed by atoms with Crippen LogP contribution in [0, 0.1) is 11.3 Å². The average molecular weight is 591 g/mol. The number of carbonyl (C=O) groups is 2. The molecule has 1 fully saturated rings. The Kier molecular flexibility index (Phi) is 8.29. The Morgan fingerprint density at radius 2 is 2.05 bits per heavy atom. The number of carbonyl (C=O) groups excluding carboxylic acids is 1. The minimum Gasteiger partial charge on any atom is -0.477 e. The van der Waals surface area contributed by atoms with Crippen LogP contribution in [0.5, 0.6) is 5.88 Å². The van der Waals surface area contributed by atoms with Crippen molar-refractivity contribution in [3.8, 4) is 11.9 Å². The van der Waals surface area contributed by atoms with Crippen LogP contribution in [0.4, 0.5) is 10.8 Å². The summed E-state index contributed by atoms with van der Waals surface area (Å²) in [5.74, 6) is -1.54. The van der Waals surface area contributed by atoms with Crippen LogP contribution in [0.15, 0.2) is 34.1 Å². The van der Waals surface area contributed by atoms with E-state index in [1.165, 1.54) is 23.6 Å². The number of rotatable bonds is 8. The van der Waals surface area contributed by atoms with Crippen molar-refractivity contribution in [1.29, 1.82) is 5.26 Å². The summed E-state index contributed by atoms with van der Waals surface area (Å²) in [5, 5.41) is 19.4. The first kappa shape index (κ1) is 29.2. The van der Waals surface area contributed by atoms with Crippen molar-refractivity contribution in [2.75, 3.05) is 25.9 Å². The van der Waals surface area contributed by atoms with Crippen molar-refractivity contribution in [1.82, 2.24) is 14.9 Å². The Morgan fingerprint density at radius 3 is 2.74 bits per heavy atom. The molecule has 220 valence electrons. The van der Waals surface area contributed by atoms with Crippen molar-refractivity contribution in [2.24, 2.45) is 16.5 Å². The van der Waals surface area contributed by atoms with Gasteiger partial charge >= 0.3 is 5.97 Å².